The summed E-state index contributed by atoms with van der Waals surface area (Å²) in [5.41, 5.74) is 3.55. The summed E-state index contributed by atoms with van der Waals surface area (Å²) >= 11 is 0. The van der Waals surface area contributed by atoms with E-state index in [1.807, 2.05) is 54.5 Å². The molecule has 1 heterocycles. The second-order valence-corrected chi connectivity index (χ2v) is 6.66. The van der Waals surface area contributed by atoms with Gasteiger partial charge in [0.1, 0.15) is 0 Å². The first-order valence-corrected chi connectivity index (χ1v) is 9.18. The van der Waals surface area contributed by atoms with Crippen LogP contribution >= 0.6 is 0 Å². The molecule has 1 aromatic heterocycles. The van der Waals surface area contributed by atoms with Gasteiger partial charge in [0.2, 0.25) is 5.91 Å². The lowest BCUT2D eigenvalue weighted by Gasteiger charge is -2.25. The molecule has 1 atom stereocenters. The summed E-state index contributed by atoms with van der Waals surface area (Å²) in [6.07, 6.45) is 4.53. The molecule has 3 rings (SSSR count). The molecule has 0 aliphatic heterocycles. The fraction of sp³-hybridized carbons (Fsp3) is 0.261. The fourth-order valence-corrected chi connectivity index (χ4v) is 3.30. The van der Waals surface area contributed by atoms with Gasteiger partial charge in [-0.2, -0.15) is 0 Å². The molecule has 3 aromatic rings. The Balaban J connectivity index is 1.80. The standard InChI is InChI=1S/C23H26N2O/c1-3-24(18-20-11-5-4-6-12-20)23(26)17-22(25-14-7-8-15-25)21-13-9-10-19(2)16-21/h4-16,22H,3,17-18H2,1-2H3/t22-/m0/s1. The molecule has 0 aliphatic rings. The Hall–Kier alpha value is -2.81. The minimum atomic E-state index is 0.0159. The van der Waals surface area contributed by atoms with Crippen molar-refractivity contribution in [3.8, 4) is 0 Å². The molecule has 134 valence electrons. The molecule has 0 N–H and O–H groups in total. The third-order valence-corrected chi connectivity index (χ3v) is 4.73. The Bertz CT molecular complexity index is 824. The Kier molecular flexibility index (Phi) is 5.90. The average Bonchev–Trinajstić information content (AvgIpc) is 3.19. The summed E-state index contributed by atoms with van der Waals surface area (Å²) in [7, 11) is 0. The van der Waals surface area contributed by atoms with Crippen LogP contribution in [-0.2, 0) is 11.3 Å². The maximum Gasteiger partial charge on any atom is 0.225 e. The van der Waals surface area contributed by atoms with Gasteiger partial charge in [0.05, 0.1) is 12.5 Å². The van der Waals surface area contributed by atoms with Crippen LogP contribution in [0.25, 0.3) is 0 Å². The van der Waals surface area contributed by atoms with Crippen LogP contribution in [0.2, 0.25) is 0 Å². The van der Waals surface area contributed by atoms with Crippen molar-refractivity contribution in [1.29, 1.82) is 0 Å². The highest BCUT2D eigenvalue weighted by Gasteiger charge is 2.21. The number of nitrogens with zero attached hydrogens (tertiary/aromatic N) is 2. The maximum atomic E-state index is 13.1. The van der Waals surface area contributed by atoms with Crippen LogP contribution in [0.5, 0.6) is 0 Å². The molecule has 2 aromatic carbocycles. The lowest BCUT2D eigenvalue weighted by molar-refractivity contribution is -0.132. The van der Waals surface area contributed by atoms with Gasteiger partial charge >= 0.3 is 0 Å². The first kappa shape index (κ1) is 18.0. The topological polar surface area (TPSA) is 25.2 Å². The minimum Gasteiger partial charge on any atom is -0.346 e. The lowest BCUT2D eigenvalue weighted by atomic mass is 10.0. The van der Waals surface area contributed by atoms with Gasteiger partial charge in [-0.15, -0.1) is 0 Å². The molecular formula is C23H26N2O. The van der Waals surface area contributed by atoms with Crippen LogP contribution in [0.15, 0.2) is 79.1 Å². The van der Waals surface area contributed by atoms with E-state index < -0.39 is 0 Å². The van der Waals surface area contributed by atoms with Crippen LogP contribution in [0.4, 0.5) is 0 Å². The first-order valence-electron chi connectivity index (χ1n) is 9.18. The number of hydrogen-bond acceptors (Lipinski definition) is 1. The molecule has 26 heavy (non-hydrogen) atoms. The summed E-state index contributed by atoms with van der Waals surface area (Å²) in [6.45, 7) is 5.49. The van der Waals surface area contributed by atoms with Crippen molar-refractivity contribution in [2.45, 2.75) is 32.9 Å². The molecule has 0 saturated heterocycles. The van der Waals surface area contributed by atoms with E-state index in [9.17, 15) is 4.79 Å². The number of amides is 1. The maximum absolute atomic E-state index is 13.1. The Labute approximate surface area is 155 Å². The van der Waals surface area contributed by atoms with Crippen LogP contribution < -0.4 is 0 Å². The summed E-state index contributed by atoms with van der Waals surface area (Å²) in [5.74, 6) is 0.177. The van der Waals surface area contributed by atoms with E-state index in [0.29, 0.717) is 19.5 Å². The van der Waals surface area contributed by atoms with Crippen molar-refractivity contribution in [1.82, 2.24) is 9.47 Å². The van der Waals surface area contributed by atoms with Gasteiger partial charge in [-0.25, -0.2) is 0 Å². The molecule has 3 nitrogen and oxygen atoms in total. The molecule has 3 heteroatoms. The molecule has 0 fully saturated rings. The Morgan fingerprint density at radius 3 is 2.38 bits per heavy atom. The zero-order valence-electron chi connectivity index (χ0n) is 15.5. The largest absolute Gasteiger partial charge is 0.346 e. The van der Waals surface area contributed by atoms with Gasteiger partial charge in [0, 0.05) is 25.5 Å². The van der Waals surface area contributed by atoms with Gasteiger partial charge in [-0.05, 0) is 37.1 Å². The molecule has 0 bridgehead atoms. The lowest BCUT2D eigenvalue weighted by Crippen LogP contribution is -2.32. The van der Waals surface area contributed by atoms with Gasteiger partial charge in [-0.1, -0.05) is 60.2 Å². The third kappa shape index (κ3) is 4.42. The fourth-order valence-electron chi connectivity index (χ4n) is 3.30. The van der Waals surface area contributed by atoms with Crippen molar-refractivity contribution < 1.29 is 4.79 Å². The number of aryl methyl sites for hydroxylation is 1. The van der Waals surface area contributed by atoms with Gasteiger partial charge in [0.25, 0.3) is 0 Å². The highest BCUT2D eigenvalue weighted by atomic mass is 16.2. The molecular weight excluding hydrogens is 320 g/mol. The van der Waals surface area contributed by atoms with E-state index >= 15 is 0 Å². The third-order valence-electron chi connectivity index (χ3n) is 4.73. The zero-order chi connectivity index (χ0) is 18.4. The van der Waals surface area contributed by atoms with E-state index in [4.69, 9.17) is 0 Å². The van der Waals surface area contributed by atoms with E-state index in [1.54, 1.807) is 0 Å². The first-order chi connectivity index (χ1) is 12.7. The normalized spacial score (nSPS) is 11.9. The zero-order valence-corrected chi connectivity index (χ0v) is 15.5. The monoisotopic (exact) mass is 346 g/mol. The molecule has 0 radical (unpaired) electrons. The van der Waals surface area contributed by atoms with Gasteiger partial charge < -0.3 is 9.47 Å². The molecule has 0 spiro atoms. The number of hydrogen-bond donors (Lipinski definition) is 0. The van der Waals surface area contributed by atoms with Crippen molar-refractivity contribution in [2.24, 2.45) is 0 Å². The smallest absolute Gasteiger partial charge is 0.225 e. The number of benzene rings is 2. The van der Waals surface area contributed by atoms with Crippen molar-refractivity contribution in [3.05, 3.63) is 95.8 Å². The quantitative estimate of drug-likeness (QED) is 0.602. The van der Waals surface area contributed by atoms with E-state index in [0.717, 1.165) is 5.56 Å². The number of carbonyl (C=O) groups excluding carboxylic acids is 1. The summed E-state index contributed by atoms with van der Waals surface area (Å²) < 4.78 is 2.13. The number of aromatic nitrogens is 1. The molecule has 1 amide bonds. The Morgan fingerprint density at radius 1 is 1.00 bits per heavy atom. The van der Waals surface area contributed by atoms with Gasteiger partial charge in [0.15, 0.2) is 0 Å². The summed E-state index contributed by atoms with van der Waals surface area (Å²) in [5, 5.41) is 0. The second kappa shape index (κ2) is 8.52. The van der Waals surface area contributed by atoms with Crippen LogP contribution in [-0.4, -0.2) is 21.9 Å². The highest BCUT2D eigenvalue weighted by Crippen LogP contribution is 2.24. The summed E-state index contributed by atoms with van der Waals surface area (Å²) in [4.78, 5) is 15.0. The number of rotatable bonds is 7. The Morgan fingerprint density at radius 2 is 1.73 bits per heavy atom. The van der Waals surface area contributed by atoms with Crippen molar-refractivity contribution in [3.63, 3.8) is 0 Å². The van der Waals surface area contributed by atoms with Crippen LogP contribution in [0.1, 0.15) is 36.1 Å². The van der Waals surface area contributed by atoms with Crippen LogP contribution in [0, 0.1) is 6.92 Å². The predicted octanol–water partition coefficient (Wildman–Crippen LogP) is 4.82. The second-order valence-electron chi connectivity index (χ2n) is 6.66. The van der Waals surface area contributed by atoms with Crippen LogP contribution in [0.3, 0.4) is 0 Å². The van der Waals surface area contributed by atoms with E-state index in [-0.39, 0.29) is 11.9 Å². The van der Waals surface area contributed by atoms with E-state index in [1.165, 1.54) is 11.1 Å². The summed E-state index contributed by atoms with van der Waals surface area (Å²) in [6, 6.07) is 22.6. The SMILES string of the molecule is CCN(Cc1ccccc1)C(=O)C[C@@H](c1cccc(C)c1)n1cccc1. The highest BCUT2D eigenvalue weighted by molar-refractivity contribution is 5.77. The van der Waals surface area contributed by atoms with E-state index in [2.05, 4.69) is 47.9 Å². The predicted molar refractivity (Wildman–Crippen MR) is 106 cm³/mol. The average molecular weight is 346 g/mol. The van der Waals surface area contributed by atoms with Crippen molar-refractivity contribution >= 4 is 5.91 Å². The molecule has 0 saturated carbocycles. The number of carbonyl (C=O) groups is 1. The molecule has 0 aliphatic carbocycles. The van der Waals surface area contributed by atoms with Crippen molar-refractivity contribution in [2.75, 3.05) is 6.54 Å². The van der Waals surface area contributed by atoms with Gasteiger partial charge in [-0.3, -0.25) is 4.79 Å². The molecule has 0 unspecified atom stereocenters. The minimum absolute atomic E-state index is 0.0159.